The van der Waals surface area contributed by atoms with E-state index < -0.39 is 0 Å². The van der Waals surface area contributed by atoms with E-state index in [2.05, 4.69) is 26.0 Å². The minimum atomic E-state index is 0.610. The van der Waals surface area contributed by atoms with Gasteiger partial charge in [-0.2, -0.15) is 5.10 Å². The molecule has 3 nitrogen and oxygen atoms in total. The SMILES string of the molecule is Brc1cccc(-n2cnc(C3CC3)n2)c1. The van der Waals surface area contributed by atoms with Gasteiger partial charge < -0.3 is 0 Å². The fourth-order valence-electron chi connectivity index (χ4n) is 1.55. The molecule has 0 amide bonds. The molecular formula is C11H10BrN3. The van der Waals surface area contributed by atoms with Gasteiger partial charge >= 0.3 is 0 Å². The summed E-state index contributed by atoms with van der Waals surface area (Å²) in [5.41, 5.74) is 1.05. The molecule has 0 aliphatic heterocycles. The maximum absolute atomic E-state index is 4.47. The smallest absolute Gasteiger partial charge is 0.154 e. The lowest BCUT2D eigenvalue weighted by Gasteiger charge is -1.99. The van der Waals surface area contributed by atoms with Gasteiger partial charge in [0.15, 0.2) is 5.82 Å². The first kappa shape index (κ1) is 9.09. The Morgan fingerprint density at radius 2 is 2.20 bits per heavy atom. The Balaban J connectivity index is 1.97. The predicted molar refractivity (Wildman–Crippen MR) is 61.0 cm³/mol. The lowest BCUT2D eigenvalue weighted by atomic mass is 10.3. The minimum Gasteiger partial charge on any atom is -0.221 e. The number of benzene rings is 1. The highest BCUT2D eigenvalue weighted by Crippen LogP contribution is 2.37. The van der Waals surface area contributed by atoms with Gasteiger partial charge in [-0.3, -0.25) is 0 Å². The summed E-state index contributed by atoms with van der Waals surface area (Å²) in [6.45, 7) is 0. The van der Waals surface area contributed by atoms with Crippen LogP contribution in [-0.2, 0) is 0 Å². The molecule has 0 N–H and O–H groups in total. The first-order valence-electron chi connectivity index (χ1n) is 5.00. The molecule has 0 saturated heterocycles. The number of hydrogen-bond acceptors (Lipinski definition) is 2. The zero-order chi connectivity index (χ0) is 10.3. The van der Waals surface area contributed by atoms with Gasteiger partial charge in [-0.15, -0.1) is 0 Å². The molecule has 1 aromatic heterocycles. The van der Waals surface area contributed by atoms with E-state index in [4.69, 9.17) is 0 Å². The normalized spacial score (nSPS) is 15.5. The van der Waals surface area contributed by atoms with Crippen LogP contribution >= 0.6 is 15.9 Å². The Bertz CT molecular complexity index is 488. The van der Waals surface area contributed by atoms with Gasteiger partial charge in [0, 0.05) is 10.4 Å². The van der Waals surface area contributed by atoms with Gasteiger partial charge in [0.05, 0.1) is 5.69 Å². The van der Waals surface area contributed by atoms with Crippen LogP contribution in [0.4, 0.5) is 0 Å². The zero-order valence-corrected chi connectivity index (χ0v) is 9.68. The van der Waals surface area contributed by atoms with Crippen LogP contribution in [0.3, 0.4) is 0 Å². The molecule has 1 saturated carbocycles. The van der Waals surface area contributed by atoms with Crippen LogP contribution in [0.15, 0.2) is 35.1 Å². The molecule has 0 spiro atoms. The molecule has 3 rings (SSSR count). The standard InChI is InChI=1S/C11H10BrN3/c12-9-2-1-3-10(6-9)15-7-13-11(14-15)8-4-5-8/h1-3,6-8H,4-5H2. The Morgan fingerprint density at radius 3 is 2.93 bits per heavy atom. The van der Waals surface area contributed by atoms with Crippen molar-refractivity contribution in [3.63, 3.8) is 0 Å². The number of halogens is 1. The van der Waals surface area contributed by atoms with Crippen LogP contribution in [0.1, 0.15) is 24.6 Å². The van der Waals surface area contributed by atoms with Crippen molar-refractivity contribution in [3.05, 3.63) is 40.9 Å². The van der Waals surface area contributed by atoms with Crippen LogP contribution in [0, 0.1) is 0 Å². The van der Waals surface area contributed by atoms with E-state index in [9.17, 15) is 0 Å². The third-order valence-corrected chi connectivity index (χ3v) is 3.02. The molecule has 0 atom stereocenters. The lowest BCUT2D eigenvalue weighted by Crippen LogP contribution is -1.95. The Labute approximate surface area is 96.3 Å². The second-order valence-corrected chi connectivity index (χ2v) is 4.72. The second kappa shape index (κ2) is 3.45. The summed E-state index contributed by atoms with van der Waals surface area (Å²) in [6.07, 6.45) is 4.26. The number of aromatic nitrogens is 3. The van der Waals surface area contributed by atoms with Gasteiger partial charge in [-0.05, 0) is 31.0 Å². The molecule has 0 unspecified atom stereocenters. The quantitative estimate of drug-likeness (QED) is 0.834. The third kappa shape index (κ3) is 1.81. The third-order valence-electron chi connectivity index (χ3n) is 2.52. The van der Waals surface area contributed by atoms with Crippen LogP contribution < -0.4 is 0 Å². The maximum atomic E-state index is 4.47. The second-order valence-electron chi connectivity index (χ2n) is 3.80. The summed E-state index contributed by atoms with van der Waals surface area (Å²) in [6, 6.07) is 8.06. The largest absolute Gasteiger partial charge is 0.221 e. The molecule has 1 fully saturated rings. The number of hydrogen-bond donors (Lipinski definition) is 0. The number of rotatable bonds is 2. The monoisotopic (exact) mass is 263 g/mol. The van der Waals surface area contributed by atoms with Gasteiger partial charge in [0.25, 0.3) is 0 Å². The van der Waals surface area contributed by atoms with Crippen LogP contribution in [-0.4, -0.2) is 14.8 Å². The summed E-state index contributed by atoms with van der Waals surface area (Å²) in [5.74, 6) is 1.59. The Hall–Kier alpha value is -1.16. The summed E-state index contributed by atoms with van der Waals surface area (Å²) < 4.78 is 2.89. The maximum Gasteiger partial charge on any atom is 0.154 e. The molecule has 15 heavy (non-hydrogen) atoms. The van der Waals surface area contributed by atoms with Gasteiger partial charge in [0.2, 0.25) is 0 Å². The Morgan fingerprint density at radius 1 is 1.33 bits per heavy atom. The van der Waals surface area contributed by atoms with Crippen molar-refractivity contribution in [2.45, 2.75) is 18.8 Å². The average Bonchev–Trinajstić information content (AvgIpc) is 2.97. The van der Waals surface area contributed by atoms with E-state index >= 15 is 0 Å². The fraction of sp³-hybridized carbons (Fsp3) is 0.273. The molecule has 0 radical (unpaired) electrons. The van der Waals surface area contributed by atoms with E-state index in [0.29, 0.717) is 5.92 Å². The molecule has 0 bridgehead atoms. The predicted octanol–water partition coefficient (Wildman–Crippen LogP) is 2.91. The highest BCUT2D eigenvalue weighted by Gasteiger charge is 2.27. The molecule has 1 aliphatic carbocycles. The summed E-state index contributed by atoms with van der Waals surface area (Å²) in [5, 5.41) is 4.47. The van der Waals surface area contributed by atoms with Crippen molar-refractivity contribution >= 4 is 15.9 Å². The molecule has 2 aromatic rings. The zero-order valence-electron chi connectivity index (χ0n) is 8.10. The van der Waals surface area contributed by atoms with E-state index in [-0.39, 0.29) is 0 Å². The molecule has 76 valence electrons. The first-order valence-corrected chi connectivity index (χ1v) is 5.80. The minimum absolute atomic E-state index is 0.610. The van der Waals surface area contributed by atoms with E-state index in [0.717, 1.165) is 16.0 Å². The highest BCUT2D eigenvalue weighted by atomic mass is 79.9. The van der Waals surface area contributed by atoms with Gasteiger partial charge in [-0.25, -0.2) is 9.67 Å². The Kier molecular flexibility index (Phi) is 2.09. The molecule has 1 aromatic carbocycles. The van der Waals surface area contributed by atoms with Crippen LogP contribution in [0.25, 0.3) is 5.69 Å². The van der Waals surface area contributed by atoms with Crippen molar-refractivity contribution in [1.82, 2.24) is 14.8 Å². The molecular weight excluding hydrogens is 254 g/mol. The van der Waals surface area contributed by atoms with Crippen molar-refractivity contribution in [1.29, 1.82) is 0 Å². The summed E-state index contributed by atoms with van der Waals surface area (Å²) in [7, 11) is 0. The van der Waals surface area contributed by atoms with Crippen LogP contribution in [0.2, 0.25) is 0 Å². The average molecular weight is 264 g/mol. The summed E-state index contributed by atoms with van der Waals surface area (Å²) in [4.78, 5) is 4.32. The van der Waals surface area contributed by atoms with Crippen molar-refractivity contribution in [2.75, 3.05) is 0 Å². The molecule has 1 aliphatic rings. The van der Waals surface area contributed by atoms with Gasteiger partial charge in [-0.1, -0.05) is 22.0 Å². The first-order chi connectivity index (χ1) is 7.33. The van der Waals surface area contributed by atoms with Crippen molar-refractivity contribution < 1.29 is 0 Å². The molecule has 4 heteroatoms. The van der Waals surface area contributed by atoms with Crippen LogP contribution in [0.5, 0.6) is 0 Å². The highest BCUT2D eigenvalue weighted by molar-refractivity contribution is 9.10. The fourth-order valence-corrected chi connectivity index (χ4v) is 1.93. The van der Waals surface area contributed by atoms with E-state index in [1.807, 2.05) is 28.9 Å². The molecule has 1 heterocycles. The lowest BCUT2D eigenvalue weighted by molar-refractivity contribution is 0.834. The number of nitrogens with zero attached hydrogens (tertiary/aromatic N) is 3. The van der Waals surface area contributed by atoms with Gasteiger partial charge in [0.1, 0.15) is 6.33 Å². The van der Waals surface area contributed by atoms with Crippen molar-refractivity contribution in [2.24, 2.45) is 0 Å². The van der Waals surface area contributed by atoms with E-state index in [1.165, 1.54) is 12.8 Å². The van der Waals surface area contributed by atoms with E-state index in [1.54, 1.807) is 6.33 Å². The topological polar surface area (TPSA) is 30.7 Å². The van der Waals surface area contributed by atoms with Crippen molar-refractivity contribution in [3.8, 4) is 5.69 Å². The summed E-state index contributed by atoms with van der Waals surface area (Å²) >= 11 is 3.45.